The van der Waals surface area contributed by atoms with Crippen LogP contribution in [0.25, 0.3) is 0 Å². The number of fused-ring (bicyclic) bond motifs is 1. The molecule has 9 heteroatoms. The highest BCUT2D eigenvalue weighted by molar-refractivity contribution is 7.90. The van der Waals surface area contributed by atoms with E-state index < -0.39 is 16.1 Å². The van der Waals surface area contributed by atoms with Crippen molar-refractivity contribution in [1.82, 2.24) is 9.62 Å². The van der Waals surface area contributed by atoms with Crippen molar-refractivity contribution in [3.63, 3.8) is 0 Å². The summed E-state index contributed by atoms with van der Waals surface area (Å²) in [7, 11) is -3.79. The maximum atomic E-state index is 12.6. The second-order valence-electron chi connectivity index (χ2n) is 6.40. The van der Waals surface area contributed by atoms with Crippen LogP contribution in [0.5, 0.6) is 0 Å². The summed E-state index contributed by atoms with van der Waals surface area (Å²) in [5.74, 6) is -0.0704. The normalized spacial score (nSPS) is 22.3. The van der Waals surface area contributed by atoms with Crippen molar-refractivity contribution < 1.29 is 13.2 Å². The fraction of sp³-hybridized carbons (Fsp3) is 0.222. The van der Waals surface area contributed by atoms with Crippen LogP contribution in [0.3, 0.4) is 0 Å². The number of hydrogen-bond acceptors (Lipinski definition) is 4. The SMILES string of the molecule is O=C1C(N=C2Nc3ccc(Cl)cc3S(=O)(=O)N2)CCN1Cc1ccccc1. The third-order valence-corrected chi connectivity index (χ3v) is 6.10. The molecule has 2 aliphatic heterocycles. The second-order valence-corrected chi connectivity index (χ2v) is 8.49. The van der Waals surface area contributed by atoms with Gasteiger partial charge in [0.25, 0.3) is 10.0 Å². The summed E-state index contributed by atoms with van der Waals surface area (Å²) in [6.45, 7) is 1.09. The second kappa shape index (κ2) is 6.86. The van der Waals surface area contributed by atoms with Crippen LogP contribution in [0.15, 0.2) is 58.4 Å². The molecule has 7 nitrogen and oxygen atoms in total. The number of hydrogen-bond donors (Lipinski definition) is 2. The average Bonchev–Trinajstić information content (AvgIpc) is 2.96. The van der Waals surface area contributed by atoms with Gasteiger partial charge in [0.05, 0.1) is 5.69 Å². The topological polar surface area (TPSA) is 90.9 Å². The number of carbonyl (C=O) groups excluding carboxylic acids is 1. The molecule has 1 unspecified atom stereocenters. The Hall–Kier alpha value is -2.58. The highest BCUT2D eigenvalue weighted by atomic mass is 35.5. The molecule has 0 saturated carbocycles. The van der Waals surface area contributed by atoms with Crippen molar-refractivity contribution >= 4 is 39.2 Å². The number of anilines is 1. The molecule has 1 saturated heterocycles. The van der Waals surface area contributed by atoms with Crippen LogP contribution in [-0.2, 0) is 21.4 Å². The Kier molecular flexibility index (Phi) is 4.53. The van der Waals surface area contributed by atoms with Gasteiger partial charge in [-0.1, -0.05) is 41.9 Å². The Morgan fingerprint density at radius 1 is 1.19 bits per heavy atom. The molecular formula is C18H17ClN4O3S. The van der Waals surface area contributed by atoms with Crippen LogP contribution in [0, 0.1) is 0 Å². The summed E-state index contributed by atoms with van der Waals surface area (Å²) in [6.07, 6.45) is 0.534. The molecular weight excluding hydrogens is 388 g/mol. The first-order chi connectivity index (χ1) is 12.9. The summed E-state index contributed by atoms with van der Waals surface area (Å²) in [4.78, 5) is 18.7. The number of guanidine groups is 1. The molecule has 1 fully saturated rings. The Labute approximate surface area is 162 Å². The molecule has 0 radical (unpaired) electrons. The van der Waals surface area contributed by atoms with E-state index in [1.165, 1.54) is 6.07 Å². The zero-order chi connectivity index (χ0) is 19.0. The predicted molar refractivity (Wildman–Crippen MR) is 103 cm³/mol. The fourth-order valence-electron chi connectivity index (χ4n) is 3.17. The average molecular weight is 405 g/mol. The molecule has 4 rings (SSSR count). The number of benzene rings is 2. The minimum absolute atomic E-state index is 0.0460. The van der Waals surface area contributed by atoms with Crippen molar-refractivity contribution in [2.45, 2.75) is 23.9 Å². The lowest BCUT2D eigenvalue weighted by Crippen LogP contribution is -2.42. The quantitative estimate of drug-likeness (QED) is 0.820. The van der Waals surface area contributed by atoms with Crippen LogP contribution >= 0.6 is 11.6 Å². The Balaban J connectivity index is 1.53. The summed E-state index contributed by atoms with van der Waals surface area (Å²) in [5.41, 5.74) is 1.42. The first-order valence-corrected chi connectivity index (χ1v) is 10.3. The number of nitrogens with one attached hydrogen (secondary N) is 2. The number of sulfonamides is 1. The van der Waals surface area contributed by atoms with Crippen LogP contribution in [0.1, 0.15) is 12.0 Å². The summed E-state index contributed by atoms with van der Waals surface area (Å²) < 4.78 is 27.2. The van der Waals surface area contributed by atoms with Gasteiger partial charge in [-0.3, -0.25) is 4.79 Å². The van der Waals surface area contributed by atoms with Crippen molar-refractivity contribution in [1.29, 1.82) is 0 Å². The Bertz CT molecular complexity index is 1020. The van der Waals surface area contributed by atoms with E-state index >= 15 is 0 Å². The number of likely N-dealkylation sites (tertiary alicyclic amines) is 1. The van der Waals surface area contributed by atoms with Crippen LogP contribution in [0.2, 0.25) is 5.02 Å². The van der Waals surface area contributed by atoms with Crippen molar-refractivity contribution in [3.05, 3.63) is 59.1 Å². The monoisotopic (exact) mass is 404 g/mol. The van der Waals surface area contributed by atoms with Crippen molar-refractivity contribution in [2.75, 3.05) is 11.9 Å². The molecule has 0 spiro atoms. The molecule has 0 aromatic heterocycles. The van der Waals surface area contributed by atoms with Gasteiger partial charge in [0, 0.05) is 18.1 Å². The highest BCUT2D eigenvalue weighted by Gasteiger charge is 2.33. The maximum Gasteiger partial charge on any atom is 0.266 e. The number of carbonyl (C=O) groups is 1. The van der Waals surface area contributed by atoms with E-state index in [4.69, 9.17) is 11.6 Å². The van der Waals surface area contributed by atoms with Crippen LogP contribution in [-0.4, -0.2) is 37.8 Å². The van der Waals surface area contributed by atoms with Gasteiger partial charge >= 0.3 is 0 Å². The number of aliphatic imine (C=N–C) groups is 1. The van der Waals surface area contributed by atoms with Gasteiger partial charge in [-0.15, -0.1) is 0 Å². The summed E-state index contributed by atoms with van der Waals surface area (Å²) >= 11 is 5.88. The lowest BCUT2D eigenvalue weighted by molar-refractivity contribution is -0.129. The van der Waals surface area contributed by atoms with E-state index in [1.807, 2.05) is 30.3 Å². The molecule has 0 aliphatic carbocycles. The van der Waals surface area contributed by atoms with Crippen molar-refractivity contribution in [3.8, 4) is 0 Å². The third kappa shape index (κ3) is 3.63. The minimum atomic E-state index is -3.79. The van der Waals surface area contributed by atoms with Gasteiger partial charge in [-0.05, 0) is 30.2 Å². The van der Waals surface area contributed by atoms with Gasteiger partial charge < -0.3 is 10.2 Å². The molecule has 2 aliphatic rings. The molecule has 1 amide bonds. The van der Waals surface area contributed by atoms with E-state index in [0.29, 0.717) is 30.2 Å². The number of rotatable bonds is 3. The lowest BCUT2D eigenvalue weighted by atomic mass is 10.2. The molecule has 0 bridgehead atoms. The third-order valence-electron chi connectivity index (χ3n) is 4.49. The standard InChI is InChI=1S/C18H17ClN4O3S/c19-13-6-7-14-16(10-13)27(25,26)22-18(20-14)21-15-8-9-23(17(15)24)11-12-4-2-1-3-5-12/h1-7,10,15H,8-9,11H2,(H2,20,21,22). The van der Waals surface area contributed by atoms with E-state index in [-0.39, 0.29) is 16.8 Å². The lowest BCUT2D eigenvalue weighted by Gasteiger charge is -2.22. The van der Waals surface area contributed by atoms with Gasteiger partial charge in [-0.25, -0.2) is 18.1 Å². The zero-order valence-electron chi connectivity index (χ0n) is 14.2. The molecule has 140 valence electrons. The van der Waals surface area contributed by atoms with Gasteiger partial charge in [0.2, 0.25) is 11.9 Å². The largest absolute Gasteiger partial charge is 0.336 e. The number of halogens is 1. The first kappa shape index (κ1) is 17.8. The van der Waals surface area contributed by atoms with Gasteiger partial charge in [0.1, 0.15) is 10.9 Å². The van der Waals surface area contributed by atoms with Crippen LogP contribution in [0.4, 0.5) is 5.69 Å². The summed E-state index contributed by atoms with van der Waals surface area (Å²) in [5, 5.41) is 3.25. The van der Waals surface area contributed by atoms with E-state index in [2.05, 4.69) is 15.0 Å². The number of nitrogens with zero attached hydrogens (tertiary/aromatic N) is 2. The van der Waals surface area contributed by atoms with Crippen molar-refractivity contribution in [2.24, 2.45) is 4.99 Å². The highest BCUT2D eigenvalue weighted by Crippen LogP contribution is 2.28. The molecule has 27 heavy (non-hydrogen) atoms. The predicted octanol–water partition coefficient (Wildman–Crippen LogP) is 2.20. The minimum Gasteiger partial charge on any atom is -0.336 e. The molecule has 2 N–H and O–H groups in total. The maximum absolute atomic E-state index is 12.6. The van der Waals surface area contributed by atoms with E-state index in [9.17, 15) is 13.2 Å². The summed E-state index contributed by atoms with van der Waals surface area (Å²) in [6, 6.07) is 13.6. The smallest absolute Gasteiger partial charge is 0.266 e. The van der Waals surface area contributed by atoms with E-state index in [1.54, 1.807) is 17.0 Å². The zero-order valence-corrected chi connectivity index (χ0v) is 15.8. The molecule has 2 aromatic rings. The first-order valence-electron chi connectivity index (χ1n) is 8.42. The molecule has 2 heterocycles. The van der Waals surface area contributed by atoms with E-state index in [0.717, 1.165) is 5.56 Å². The molecule has 1 atom stereocenters. The Morgan fingerprint density at radius 3 is 2.74 bits per heavy atom. The number of amides is 1. The van der Waals surface area contributed by atoms with Gasteiger partial charge in [0.15, 0.2) is 0 Å². The van der Waals surface area contributed by atoms with Gasteiger partial charge in [-0.2, -0.15) is 0 Å². The Morgan fingerprint density at radius 2 is 1.96 bits per heavy atom. The fourth-order valence-corrected chi connectivity index (χ4v) is 4.57. The molecule has 2 aromatic carbocycles. The van der Waals surface area contributed by atoms with Crippen LogP contribution < -0.4 is 10.0 Å².